The van der Waals surface area contributed by atoms with Crippen molar-refractivity contribution >= 4 is 11.8 Å². The molecular formula is C27H30N2O6. The normalized spacial score (nSPS) is 10.6. The average Bonchev–Trinajstić information content (AvgIpc) is 2.88. The van der Waals surface area contributed by atoms with E-state index < -0.39 is 6.17 Å². The standard InChI is InChI=1S/C27H30N2O6/c1-17(2)35-23-13-12-18(16-24(23)34-5)25(28-26(30)19-8-6-10-21(14-19)32-3)29-27(31)20-9-7-11-22(15-20)33-4/h6-17,25H,1-5H3,(H,28,30)(H,29,31). The maximum Gasteiger partial charge on any atom is 0.253 e. The molecule has 3 aromatic carbocycles. The van der Waals surface area contributed by atoms with Crippen LogP contribution in [-0.4, -0.2) is 39.2 Å². The van der Waals surface area contributed by atoms with E-state index in [1.165, 1.54) is 21.3 Å². The van der Waals surface area contributed by atoms with Crippen molar-refractivity contribution < 1.29 is 28.5 Å². The molecule has 0 saturated carbocycles. The fourth-order valence-corrected chi connectivity index (χ4v) is 3.38. The maximum atomic E-state index is 13.1. The second kappa shape index (κ2) is 11.8. The van der Waals surface area contributed by atoms with Gasteiger partial charge in [-0.3, -0.25) is 9.59 Å². The molecule has 2 amide bonds. The zero-order valence-electron chi connectivity index (χ0n) is 20.5. The summed E-state index contributed by atoms with van der Waals surface area (Å²) in [7, 11) is 4.59. The van der Waals surface area contributed by atoms with Crippen LogP contribution < -0.4 is 29.6 Å². The molecule has 0 aliphatic rings. The highest BCUT2D eigenvalue weighted by molar-refractivity contribution is 5.97. The second-order valence-corrected chi connectivity index (χ2v) is 7.92. The molecule has 3 rings (SSSR count). The van der Waals surface area contributed by atoms with Crippen LogP contribution in [0.15, 0.2) is 66.7 Å². The molecule has 0 aromatic heterocycles. The summed E-state index contributed by atoms with van der Waals surface area (Å²) < 4.78 is 21.7. The van der Waals surface area contributed by atoms with Gasteiger partial charge in [0.05, 0.1) is 27.4 Å². The van der Waals surface area contributed by atoms with Gasteiger partial charge in [-0.15, -0.1) is 0 Å². The molecule has 0 bridgehead atoms. The third-order valence-corrected chi connectivity index (χ3v) is 5.10. The van der Waals surface area contributed by atoms with E-state index in [9.17, 15) is 9.59 Å². The second-order valence-electron chi connectivity index (χ2n) is 7.92. The van der Waals surface area contributed by atoms with Crippen LogP contribution in [0.25, 0.3) is 0 Å². The Balaban J connectivity index is 1.94. The summed E-state index contributed by atoms with van der Waals surface area (Å²) in [6.07, 6.45) is -0.916. The number of hydrogen-bond donors (Lipinski definition) is 2. The van der Waals surface area contributed by atoms with Crippen molar-refractivity contribution in [3.05, 3.63) is 83.4 Å². The van der Waals surface area contributed by atoms with E-state index >= 15 is 0 Å². The summed E-state index contributed by atoms with van der Waals surface area (Å²) in [5.41, 5.74) is 1.37. The van der Waals surface area contributed by atoms with Crippen LogP contribution in [0, 0.1) is 0 Å². The summed E-state index contributed by atoms with van der Waals surface area (Å²) >= 11 is 0. The first kappa shape index (κ1) is 25.4. The van der Waals surface area contributed by atoms with E-state index in [-0.39, 0.29) is 17.9 Å². The average molecular weight is 479 g/mol. The van der Waals surface area contributed by atoms with Gasteiger partial charge in [0.15, 0.2) is 11.5 Å². The largest absolute Gasteiger partial charge is 0.497 e. The third kappa shape index (κ3) is 6.66. The SMILES string of the molecule is COc1cccc(C(=O)NC(NC(=O)c2cccc(OC)c2)c2ccc(OC(C)C)c(OC)c2)c1. The van der Waals surface area contributed by atoms with Gasteiger partial charge in [0, 0.05) is 11.1 Å². The first-order chi connectivity index (χ1) is 16.8. The number of methoxy groups -OCH3 is 3. The number of carbonyl (C=O) groups excluding carboxylic acids is 2. The third-order valence-electron chi connectivity index (χ3n) is 5.10. The molecule has 3 aromatic rings. The Morgan fingerprint density at radius 2 is 1.23 bits per heavy atom. The van der Waals surface area contributed by atoms with Crippen molar-refractivity contribution in [1.29, 1.82) is 0 Å². The predicted molar refractivity (Wildman–Crippen MR) is 132 cm³/mol. The van der Waals surface area contributed by atoms with Crippen LogP contribution in [0.2, 0.25) is 0 Å². The van der Waals surface area contributed by atoms with Crippen LogP contribution in [0.1, 0.15) is 46.3 Å². The fraction of sp³-hybridized carbons (Fsp3) is 0.259. The lowest BCUT2D eigenvalue weighted by Gasteiger charge is -2.23. The highest BCUT2D eigenvalue weighted by atomic mass is 16.5. The molecule has 8 heteroatoms. The highest BCUT2D eigenvalue weighted by Crippen LogP contribution is 2.31. The van der Waals surface area contributed by atoms with Crippen molar-refractivity contribution in [1.82, 2.24) is 10.6 Å². The number of rotatable bonds is 10. The van der Waals surface area contributed by atoms with Gasteiger partial charge in [0.2, 0.25) is 0 Å². The topological polar surface area (TPSA) is 95.1 Å². The van der Waals surface area contributed by atoms with Crippen LogP contribution in [0.5, 0.6) is 23.0 Å². The lowest BCUT2D eigenvalue weighted by molar-refractivity contribution is 0.0883. The number of ether oxygens (including phenoxy) is 4. The highest BCUT2D eigenvalue weighted by Gasteiger charge is 2.21. The summed E-state index contributed by atoms with van der Waals surface area (Å²) in [5, 5.41) is 5.78. The van der Waals surface area contributed by atoms with E-state index in [1.54, 1.807) is 66.7 Å². The molecule has 35 heavy (non-hydrogen) atoms. The Bertz CT molecular complexity index is 1120. The summed E-state index contributed by atoms with van der Waals surface area (Å²) in [6.45, 7) is 3.83. The van der Waals surface area contributed by atoms with E-state index in [0.717, 1.165) is 0 Å². The number of benzene rings is 3. The van der Waals surface area contributed by atoms with Crippen molar-refractivity contribution in [3.63, 3.8) is 0 Å². The molecule has 8 nitrogen and oxygen atoms in total. The molecule has 0 aliphatic carbocycles. The molecule has 0 atom stereocenters. The fourth-order valence-electron chi connectivity index (χ4n) is 3.38. The Morgan fingerprint density at radius 3 is 1.69 bits per heavy atom. The smallest absolute Gasteiger partial charge is 0.253 e. The first-order valence-electron chi connectivity index (χ1n) is 11.1. The van der Waals surface area contributed by atoms with Gasteiger partial charge in [0.25, 0.3) is 11.8 Å². The molecule has 0 aliphatic heterocycles. The van der Waals surface area contributed by atoms with Crippen LogP contribution >= 0.6 is 0 Å². The number of nitrogens with one attached hydrogen (secondary N) is 2. The zero-order chi connectivity index (χ0) is 25.4. The van der Waals surface area contributed by atoms with E-state index in [1.807, 2.05) is 13.8 Å². The van der Waals surface area contributed by atoms with Crippen molar-refractivity contribution in [2.24, 2.45) is 0 Å². The van der Waals surface area contributed by atoms with Gasteiger partial charge >= 0.3 is 0 Å². The number of hydrogen-bond acceptors (Lipinski definition) is 6. The zero-order valence-corrected chi connectivity index (χ0v) is 20.5. The molecule has 2 N–H and O–H groups in total. The van der Waals surface area contributed by atoms with Gasteiger partial charge in [0.1, 0.15) is 17.7 Å². The summed E-state index contributed by atoms with van der Waals surface area (Å²) in [4.78, 5) is 26.2. The molecule has 184 valence electrons. The minimum absolute atomic E-state index is 0.0499. The van der Waals surface area contributed by atoms with E-state index in [0.29, 0.717) is 39.7 Å². The molecule has 0 saturated heterocycles. The molecule has 0 unspecified atom stereocenters. The lowest BCUT2D eigenvalue weighted by Crippen LogP contribution is -2.41. The quantitative estimate of drug-likeness (QED) is 0.421. The lowest BCUT2D eigenvalue weighted by atomic mass is 10.1. The minimum atomic E-state index is -0.866. The maximum absolute atomic E-state index is 13.1. The Labute approximate surface area is 205 Å². The summed E-state index contributed by atoms with van der Waals surface area (Å²) in [5.74, 6) is 1.36. The Hall–Kier alpha value is -4.20. The predicted octanol–water partition coefficient (Wildman–Crippen LogP) is 4.36. The van der Waals surface area contributed by atoms with Crippen LogP contribution in [0.3, 0.4) is 0 Å². The first-order valence-corrected chi connectivity index (χ1v) is 11.1. The van der Waals surface area contributed by atoms with Crippen LogP contribution in [-0.2, 0) is 0 Å². The monoisotopic (exact) mass is 478 g/mol. The number of carbonyl (C=O) groups is 2. The van der Waals surface area contributed by atoms with Gasteiger partial charge < -0.3 is 29.6 Å². The Kier molecular flexibility index (Phi) is 8.56. The van der Waals surface area contributed by atoms with Gasteiger partial charge in [-0.05, 0) is 67.9 Å². The van der Waals surface area contributed by atoms with Gasteiger partial charge in [-0.25, -0.2) is 0 Å². The van der Waals surface area contributed by atoms with E-state index in [2.05, 4.69) is 10.6 Å². The van der Waals surface area contributed by atoms with Crippen molar-refractivity contribution in [2.45, 2.75) is 26.1 Å². The van der Waals surface area contributed by atoms with Crippen molar-refractivity contribution in [2.75, 3.05) is 21.3 Å². The van der Waals surface area contributed by atoms with E-state index in [4.69, 9.17) is 18.9 Å². The Morgan fingerprint density at radius 1 is 0.686 bits per heavy atom. The minimum Gasteiger partial charge on any atom is -0.497 e. The summed E-state index contributed by atoms with van der Waals surface area (Å²) in [6, 6.07) is 18.7. The van der Waals surface area contributed by atoms with Crippen molar-refractivity contribution in [3.8, 4) is 23.0 Å². The number of amides is 2. The molecule has 0 radical (unpaired) electrons. The van der Waals surface area contributed by atoms with Crippen LogP contribution in [0.4, 0.5) is 0 Å². The molecular weight excluding hydrogens is 448 g/mol. The molecule has 0 fully saturated rings. The van der Waals surface area contributed by atoms with Gasteiger partial charge in [-0.2, -0.15) is 0 Å². The van der Waals surface area contributed by atoms with Gasteiger partial charge in [-0.1, -0.05) is 18.2 Å². The molecule has 0 heterocycles. The molecule has 0 spiro atoms.